The molecule has 1 aromatic carbocycles. The lowest BCUT2D eigenvalue weighted by Crippen LogP contribution is -2.23. The van der Waals surface area contributed by atoms with Crippen LogP contribution >= 0.6 is 15.9 Å². The molecule has 2 rings (SSSR count). The van der Waals surface area contributed by atoms with Gasteiger partial charge in [0.05, 0.1) is 11.6 Å². The van der Waals surface area contributed by atoms with E-state index in [1.54, 1.807) is 12.1 Å². The van der Waals surface area contributed by atoms with Crippen LogP contribution in [0.4, 0.5) is 17.5 Å². The minimum Gasteiger partial charge on any atom is -0.346 e. The molecule has 7 heteroatoms. The summed E-state index contributed by atoms with van der Waals surface area (Å²) in [5.41, 5.74) is 3.03. The van der Waals surface area contributed by atoms with Crippen LogP contribution in [0.5, 0.6) is 0 Å². The van der Waals surface area contributed by atoms with Gasteiger partial charge in [-0.15, -0.1) is 0 Å². The Morgan fingerprint density at radius 2 is 2.00 bits per heavy atom. The molecule has 23 heavy (non-hydrogen) atoms. The number of nitrogens with one attached hydrogen (secondary N) is 2. The average molecular weight is 376 g/mol. The molecule has 120 valence electrons. The first-order valence-corrected chi connectivity index (χ1v) is 7.96. The highest BCUT2D eigenvalue weighted by Gasteiger charge is 2.14. The lowest BCUT2D eigenvalue weighted by Gasteiger charge is -2.18. The highest BCUT2D eigenvalue weighted by molar-refractivity contribution is 9.10. The quantitative estimate of drug-likeness (QED) is 0.856. The Labute approximate surface area is 143 Å². The number of rotatable bonds is 4. The Hall–Kier alpha value is -2.33. The maximum atomic E-state index is 12.1. The monoisotopic (exact) mass is 375 g/mol. The molecule has 0 radical (unpaired) electrons. The molecule has 0 saturated heterocycles. The SMILES string of the molecule is CCN(C)c1nc(Nc2c(C)cc(C#N)cc2C)c(Br)c(=O)[nH]1. The zero-order valence-electron chi connectivity index (χ0n) is 13.5. The summed E-state index contributed by atoms with van der Waals surface area (Å²) < 4.78 is 0.342. The van der Waals surface area contributed by atoms with E-state index >= 15 is 0 Å². The molecule has 2 N–H and O–H groups in total. The van der Waals surface area contributed by atoms with Crippen molar-refractivity contribution in [3.63, 3.8) is 0 Å². The van der Waals surface area contributed by atoms with Gasteiger partial charge < -0.3 is 10.2 Å². The Morgan fingerprint density at radius 1 is 1.39 bits per heavy atom. The predicted octanol–water partition coefficient (Wildman–Crippen LogP) is 3.22. The molecule has 1 aromatic heterocycles. The topological polar surface area (TPSA) is 84.8 Å². The largest absolute Gasteiger partial charge is 0.346 e. The first kappa shape index (κ1) is 17.0. The fourth-order valence-corrected chi connectivity index (χ4v) is 2.49. The fraction of sp³-hybridized carbons (Fsp3) is 0.312. The normalized spacial score (nSPS) is 10.3. The average Bonchev–Trinajstić information content (AvgIpc) is 2.53. The van der Waals surface area contributed by atoms with E-state index in [0.717, 1.165) is 23.4 Å². The minimum atomic E-state index is -0.248. The van der Waals surface area contributed by atoms with Crippen LogP contribution in [-0.4, -0.2) is 23.6 Å². The van der Waals surface area contributed by atoms with Gasteiger partial charge in [0.15, 0.2) is 5.82 Å². The van der Waals surface area contributed by atoms with Crippen molar-refractivity contribution in [2.24, 2.45) is 0 Å². The molecule has 0 unspecified atom stereocenters. The van der Waals surface area contributed by atoms with Crippen LogP contribution in [0.15, 0.2) is 21.4 Å². The lowest BCUT2D eigenvalue weighted by atomic mass is 10.0. The molecule has 0 aliphatic carbocycles. The van der Waals surface area contributed by atoms with Crippen LogP contribution in [-0.2, 0) is 0 Å². The van der Waals surface area contributed by atoms with Gasteiger partial charge in [-0.05, 0) is 60.0 Å². The maximum Gasteiger partial charge on any atom is 0.268 e. The standard InChI is InChI=1S/C16H18BrN5O/c1-5-22(4)16-20-14(12(17)15(23)21-16)19-13-9(2)6-11(8-18)7-10(13)3/h6-7H,5H2,1-4H3,(H2,19,20,21,23). The third-order valence-electron chi connectivity index (χ3n) is 3.59. The van der Waals surface area contributed by atoms with Gasteiger partial charge in [0, 0.05) is 19.3 Å². The number of anilines is 3. The second kappa shape index (κ2) is 6.84. The summed E-state index contributed by atoms with van der Waals surface area (Å²) in [5.74, 6) is 0.937. The molecule has 6 nitrogen and oxygen atoms in total. The number of nitriles is 1. The molecule has 0 bridgehead atoms. The van der Waals surface area contributed by atoms with E-state index in [1.807, 2.05) is 32.7 Å². The second-order valence-electron chi connectivity index (χ2n) is 5.29. The highest BCUT2D eigenvalue weighted by Crippen LogP contribution is 2.28. The van der Waals surface area contributed by atoms with Gasteiger partial charge >= 0.3 is 0 Å². The fourth-order valence-electron chi connectivity index (χ4n) is 2.20. The van der Waals surface area contributed by atoms with Gasteiger partial charge in [-0.2, -0.15) is 10.2 Å². The van der Waals surface area contributed by atoms with Crippen molar-refractivity contribution in [1.82, 2.24) is 9.97 Å². The molecule has 0 aliphatic rings. The lowest BCUT2D eigenvalue weighted by molar-refractivity contribution is 0.892. The number of hydrogen-bond acceptors (Lipinski definition) is 5. The number of hydrogen-bond donors (Lipinski definition) is 2. The molecule has 0 amide bonds. The van der Waals surface area contributed by atoms with Crippen LogP contribution in [0.25, 0.3) is 0 Å². The number of H-pyrrole nitrogens is 1. The maximum absolute atomic E-state index is 12.1. The van der Waals surface area contributed by atoms with Crippen molar-refractivity contribution in [1.29, 1.82) is 5.26 Å². The van der Waals surface area contributed by atoms with E-state index in [9.17, 15) is 4.79 Å². The minimum absolute atomic E-state index is 0.248. The van der Waals surface area contributed by atoms with Gasteiger partial charge in [0.25, 0.3) is 5.56 Å². The number of benzene rings is 1. The van der Waals surface area contributed by atoms with Crippen LogP contribution in [0.2, 0.25) is 0 Å². The van der Waals surface area contributed by atoms with Crippen molar-refractivity contribution in [3.05, 3.63) is 43.6 Å². The number of aromatic amines is 1. The van der Waals surface area contributed by atoms with Crippen LogP contribution < -0.4 is 15.8 Å². The van der Waals surface area contributed by atoms with Gasteiger partial charge in [0.2, 0.25) is 5.95 Å². The van der Waals surface area contributed by atoms with E-state index in [2.05, 4.69) is 37.3 Å². The summed E-state index contributed by atoms with van der Waals surface area (Å²) in [6.45, 7) is 6.52. The van der Waals surface area contributed by atoms with Gasteiger partial charge in [-0.3, -0.25) is 9.78 Å². The van der Waals surface area contributed by atoms with E-state index in [4.69, 9.17) is 5.26 Å². The number of aryl methyl sites for hydroxylation is 2. The number of aromatic nitrogens is 2. The summed E-state index contributed by atoms with van der Waals surface area (Å²) in [6, 6.07) is 5.74. The number of nitrogens with zero attached hydrogens (tertiary/aromatic N) is 3. The molecule has 0 aliphatic heterocycles. The zero-order chi connectivity index (χ0) is 17.1. The molecule has 0 spiro atoms. The predicted molar refractivity (Wildman–Crippen MR) is 95.4 cm³/mol. The Bertz CT molecular complexity index is 814. The van der Waals surface area contributed by atoms with Crippen molar-refractivity contribution in [2.45, 2.75) is 20.8 Å². The first-order chi connectivity index (χ1) is 10.9. The summed E-state index contributed by atoms with van der Waals surface area (Å²) in [4.78, 5) is 21.1. The molecular formula is C16H18BrN5O. The van der Waals surface area contributed by atoms with E-state index in [1.165, 1.54) is 0 Å². The molecular weight excluding hydrogens is 358 g/mol. The van der Waals surface area contributed by atoms with Crippen LogP contribution in [0.3, 0.4) is 0 Å². The van der Waals surface area contributed by atoms with E-state index in [-0.39, 0.29) is 5.56 Å². The van der Waals surface area contributed by atoms with Gasteiger partial charge in [0.1, 0.15) is 4.47 Å². The van der Waals surface area contributed by atoms with Crippen LogP contribution in [0, 0.1) is 25.2 Å². The summed E-state index contributed by atoms with van der Waals surface area (Å²) in [5, 5.41) is 12.2. The third kappa shape index (κ3) is 3.54. The zero-order valence-corrected chi connectivity index (χ0v) is 15.1. The molecule has 0 saturated carbocycles. The molecule has 2 aromatic rings. The molecule has 0 fully saturated rings. The first-order valence-electron chi connectivity index (χ1n) is 7.16. The van der Waals surface area contributed by atoms with Crippen molar-refractivity contribution < 1.29 is 0 Å². The third-order valence-corrected chi connectivity index (χ3v) is 4.33. The Kier molecular flexibility index (Phi) is 5.06. The Balaban J connectivity index is 2.51. The Morgan fingerprint density at radius 3 is 2.52 bits per heavy atom. The molecule has 1 heterocycles. The highest BCUT2D eigenvalue weighted by atomic mass is 79.9. The van der Waals surface area contributed by atoms with Gasteiger partial charge in [-0.25, -0.2) is 0 Å². The van der Waals surface area contributed by atoms with E-state index < -0.39 is 0 Å². The smallest absolute Gasteiger partial charge is 0.268 e. The van der Waals surface area contributed by atoms with Crippen molar-refractivity contribution in [2.75, 3.05) is 23.8 Å². The van der Waals surface area contributed by atoms with Crippen LogP contribution in [0.1, 0.15) is 23.6 Å². The van der Waals surface area contributed by atoms with Crippen molar-refractivity contribution >= 4 is 33.4 Å². The number of halogens is 1. The summed E-state index contributed by atoms with van der Waals surface area (Å²) in [7, 11) is 1.86. The second-order valence-corrected chi connectivity index (χ2v) is 6.08. The summed E-state index contributed by atoms with van der Waals surface area (Å²) in [6.07, 6.45) is 0. The van der Waals surface area contributed by atoms with Gasteiger partial charge in [-0.1, -0.05) is 0 Å². The van der Waals surface area contributed by atoms with Crippen molar-refractivity contribution in [3.8, 4) is 6.07 Å². The molecule has 0 atom stereocenters. The summed E-state index contributed by atoms with van der Waals surface area (Å²) >= 11 is 3.28. The van der Waals surface area contributed by atoms with E-state index in [0.29, 0.717) is 21.8 Å².